The van der Waals surface area contributed by atoms with Crippen LogP contribution in [0.4, 0.5) is 0 Å². The molecule has 0 aromatic heterocycles. The van der Waals surface area contributed by atoms with E-state index >= 15 is 0 Å². The minimum Gasteiger partial charge on any atom is -0.481 e. The lowest BCUT2D eigenvalue weighted by Crippen LogP contribution is -2.12. The van der Waals surface area contributed by atoms with Gasteiger partial charge in [-0.05, 0) is 30.9 Å². The van der Waals surface area contributed by atoms with Crippen molar-refractivity contribution in [2.75, 3.05) is 0 Å². The Labute approximate surface area is 117 Å². The highest BCUT2D eigenvalue weighted by Gasteiger charge is 2.21. The smallest absolute Gasteiger partial charge is 0.311 e. The van der Waals surface area contributed by atoms with Gasteiger partial charge in [0.2, 0.25) is 0 Å². The van der Waals surface area contributed by atoms with Crippen LogP contribution in [0.3, 0.4) is 0 Å². The molecule has 0 bridgehead atoms. The molecule has 1 N–H and O–H groups in total. The van der Waals surface area contributed by atoms with Crippen molar-refractivity contribution >= 4 is 21.9 Å². The molecule has 0 fully saturated rings. The fourth-order valence-corrected chi connectivity index (χ4v) is 2.54. The maximum Gasteiger partial charge on any atom is 0.311 e. The SMILES string of the molecule is C=CCCCCCC(C(=O)O)c1ccccc1Br. The summed E-state index contributed by atoms with van der Waals surface area (Å²) in [4.78, 5) is 11.3. The van der Waals surface area contributed by atoms with Gasteiger partial charge < -0.3 is 5.11 Å². The molecular formula is C15H19BrO2. The maximum atomic E-state index is 11.3. The Bertz CT molecular complexity index is 401. The molecular weight excluding hydrogens is 292 g/mol. The van der Waals surface area contributed by atoms with Crippen molar-refractivity contribution < 1.29 is 9.90 Å². The zero-order valence-corrected chi connectivity index (χ0v) is 12.0. The van der Waals surface area contributed by atoms with Crippen molar-refractivity contribution in [3.63, 3.8) is 0 Å². The van der Waals surface area contributed by atoms with Crippen LogP contribution in [0.2, 0.25) is 0 Å². The minimum atomic E-state index is -0.745. The first-order valence-electron chi connectivity index (χ1n) is 6.25. The number of carboxylic acid groups (broad SMARTS) is 1. The lowest BCUT2D eigenvalue weighted by molar-refractivity contribution is -0.139. The summed E-state index contributed by atoms with van der Waals surface area (Å²) in [6.07, 6.45) is 6.68. The molecule has 0 saturated heterocycles. The summed E-state index contributed by atoms with van der Waals surface area (Å²) in [5.74, 6) is -1.16. The predicted octanol–water partition coefficient (Wildman–Crippen LogP) is 4.75. The quantitative estimate of drug-likeness (QED) is 0.555. The van der Waals surface area contributed by atoms with Crippen LogP contribution in [0, 0.1) is 0 Å². The topological polar surface area (TPSA) is 37.3 Å². The summed E-state index contributed by atoms with van der Waals surface area (Å²) in [7, 11) is 0. The zero-order valence-electron chi connectivity index (χ0n) is 10.4. The summed E-state index contributed by atoms with van der Waals surface area (Å²) < 4.78 is 0.878. The molecule has 1 rings (SSSR count). The minimum absolute atomic E-state index is 0.413. The number of unbranched alkanes of at least 4 members (excludes halogenated alkanes) is 3. The highest BCUT2D eigenvalue weighted by Crippen LogP contribution is 2.29. The maximum absolute atomic E-state index is 11.3. The van der Waals surface area contributed by atoms with E-state index in [4.69, 9.17) is 0 Å². The highest BCUT2D eigenvalue weighted by atomic mass is 79.9. The third kappa shape index (κ3) is 4.65. The van der Waals surface area contributed by atoms with Crippen molar-refractivity contribution in [2.24, 2.45) is 0 Å². The number of allylic oxidation sites excluding steroid dienone is 1. The Kier molecular flexibility index (Phi) is 6.73. The molecule has 1 aromatic rings. The van der Waals surface area contributed by atoms with Crippen molar-refractivity contribution in [1.82, 2.24) is 0 Å². The molecule has 0 heterocycles. The van der Waals surface area contributed by atoms with Crippen molar-refractivity contribution in [3.8, 4) is 0 Å². The Morgan fingerprint density at radius 1 is 1.33 bits per heavy atom. The van der Waals surface area contributed by atoms with Gasteiger partial charge in [-0.3, -0.25) is 4.79 Å². The monoisotopic (exact) mass is 310 g/mol. The van der Waals surface area contributed by atoms with Gasteiger partial charge >= 0.3 is 5.97 Å². The number of halogens is 1. The lowest BCUT2D eigenvalue weighted by Gasteiger charge is -2.14. The fourth-order valence-electron chi connectivity index (χ4n) is 1.98. The normalized spacial score (nSPS) is 12.1. The lowest BCUT2D eigenvalue weighted by atomic mass is 9.93. The number of hydrogen-bond donors (Lipinski definition) is 1. The van der Waals surface area contributed by atoms with Crippen LogP contribution in [0.5, 0.6) is 0 Å². The van der Waals surface area contributed by atoms with Crippen LogP contribution in [0.1, 0.15) is 43.6 Å². The third-order valence-electron chi connectivity index (χ3n) is 2.98. The van der Waals surface area contributed by atoms with Gasteiger partial charge in [-0.2, -0.15) is 0 Å². The second kappa shape index (κ2) is 8.09. The molecule has 18 heavy (non-hydrogen) atoms. The number of aliphatic carboxylic acids is 1. The molecule has 3 heteroatoms. The molecule has 98 valence electrons. The predicted molar refractivity (Wildman–Crippen MR) is 77.8 cm³/mol. The van der Waals surface area contributed by atoms with E-state index in [2.05, 4.69) is 22.5 Å². The Morgan fingerprint density at radius 2 is 2.06 bits per heavy atom. The zero-order chi connectivity index (χ0) is 13.4. The molecule has 0 radical (unpaired) electrons. The second-order valence-corrected chi connectivity index (χ2v) is 5.19. The first-order valence-corrected chi connectivity index (χ1v) is 7.04. The Morgan fingerprint density at radius 3 is 2.67 bits per heavy atom. The summed E-state index contributed by atoms with van der Waals surface area (Å²) in [6.45, 7) is 3.68. The van der Waals surface area contributed by atoms with E-state index in [9.17, 15) is 9.90 Å². The van der Waals surface area contributed by atoms with E-state index in [0.717, 1.165) is 35.7 Å². The van der Waals surface area contributed by atoms with Gasteiger partial charge in [0.15, 0.2) is 0 Å². The van der Waals surface area contributed by atoms with E-state index in [0.29, 0.717) is 6.42 Å². The van der Waals surface area contributed by atoms with Gasteiger partial charge in [-0.1, -0.05) is 53.0 Å². The fraction of sp³-hybridized carbons (Fsp3) is 0.400. The van der Waals surface area contributed by atoms with Gasteiger partial charge in [0, 0.05) is 4.47 Å². The first kappa shape index (κ1) is 15.0. The van der Waals surface area contributed by atoms with Gasteiger partial charge in [0.25, 0.3) is 0 Å². The number of hydrogen-bond acceptors (Lipinski definition) is 1. The summed E-state index contributed by atoms with van der Waals surface area (Å²) >= 11 is 3.42. The van der Waals surface area contributed by atoms with Crippen molar-refractivity contribution in [1.29, 1.82) is 0 Å². The van der Waals surface area contributed by atoms with Gasteiger partial charge in [0.1, 0.15) is 0 Å². The van der Waals surface area contributed by atoms with Crippen LogP contribution in [0.25, 0.3) is 0 Å². The van der Waals surface area contributed by atoms with E-state index in [1.54, 1.807) is 0 Å². The molecule has 1 atom stereocenters. The second-order valence-electron chi connectivity index (χ2n) is 4.34. The Balaban J connectivity index is 2.58. The molecule has 0 amide bonds. The number of rotatable bonds is 8. The summed E-state index contributed by atoms with van der Waals surface area (Å²) in [5, 5.41) is 9.32. The van der Waals surface area contributed by atoms with Crippen LogP contribution < -0.4 is 0 Å². The molecule has 0 spiro atoms. The van der Waals surface area contributed by atoms with E-state index in [1.807, 2.05) is 30.3 Å². The van der Waals surface area contributed by atoms with Crippen LogP contribution in [0.15, 0.2) is 41.4 Å². The van der Waals surface area contributed by atoms with Gasteiger partial charge in [-0.15, -0.1) is 6.58 Å². The van der Waals surface area contributed by atoms with E-state index < -0.39 is 11.9 Å². The van der Waals surface area contributed by atoms with Crippen molar-refractivity contribution in [2.45, 2.75) is 38.0 Å². The van der Waals surface area contributed by atoms with Crippen LogP contribution in [-0.4, -0.2) is 11.1 Å². The number of carbonyl (C=O) groups is 1. The van der Waals surface area contributed by atoms with Gasteiger partial charge in [-0.25, -0.2) is 0 Å². The molecule has 0 saturated carbocycles. The average Bonchev–Trinajstić information content (AvgIpc) is 2.35. The van der Waals surface area contributed by atoms with Gasteiger partial charge in [0.05, 0.1) is 5.92 Å². The third-order valence-corrected chi connectivity index (χ3v) is 3.70. The van der Waals surface area contributed by atoms with Crippen molar-refractivity contribution in [3.05, 3.63) is 47.0 Å². The molecule has 1 aromatic carbocycles. The Hall–Kier alpha value is -1.09. The first-order chi connectivity index (χ1) is 8.66. The van der Waals surface area contributed by atoms with Crippen LogP contribution in [-0.2, 0) is 4.79 Å². The molecule has 0 aliphatic carbocycles. The average molecular weight is 311 g/mol. The molecule has 2 nitrogen and oxygen atoms in total. The highest BCUT2D eigenvalue weighted by molar-refractivity contribution is 9.10. The van der Waals surface area contributed by atoms with Crippen LogP contribution >= 0.6 is 15.9 Å². The largest absolute Gasteiger partial charge is 0.481 e. The van der Waals surface area contributed by atoms with E-state index in [1.165, 1.54) is 0 Å². The van der Waals surface area contributed by atoms with E-state index in [-0.39, 0.29) is 0 Å². The molecule has 0 aliphatic heterocycles. The molecule has 0 aliphatic rings. The number of benzene rings is 1. The number of carboxylic acids is 1. The summed E-state index contributed by atoms with van der Waals surface area (Å²) in [5.41, 5.74) is 0.869. The molecule has 1 unspecified atom stereocenters. The standard InChI is InChI=1S/C15H19BrO2/c1-2-3-4-5-6-10-13(15(17)18)12-9-7-8-11-14(12)16/h2,7-9,11,13H,1,3-6,10H2,(H,17,18). The summed E-state index contributed by atoms with van der Waals surface area (Å²) in [6, 6.07) is 7.56.